The molecule has 1 atom stereocenters. The van der Waals surface area contributed by atoms with Gasteiger partial charge in [0.25, 0.3) is 5.91 Å². The van der Waals surface area contributed by atoms with Crippen LogP contribution in [0.1, 0.15) is 46.6 Å². The van der Waals surface area contributed by atoms with E-state index in [1.54, 1.807) is 16.0 Å². The molecule has 2 aromatic heterocycles. The van der Waals surface area contributed by atoms with Gasteiger partial charge in [-0.25, -0.2) is 9.67 Å². The normalized spacial score (nSPS) is 17.5. The Hall–Kier alpha value is -3.08. The Bertz CT molecular complexity index is 1100. The van der Waals surface area contributed by atoms with Gasteiger partial charge in [0, 0.05) is 16.8 Å². The second-order valence-corrected chi connectivity index (χ2v) is 9.13. The van der Waals surface area contributed by atoms with Gasteiger partial charge in [0.15, 0.2) is 0 Å². The number of benzene rings is 1. The standard InChI is InChI=1S/C20H20F3N5O2S/c1-11-9-24-18(31-11)15-8-19(2,3)28-16(27-15)14(10-25-28)17(29)26-12-4-6-13(7-5-12)30-20(21,22)23/h4-7,9-10,15,27H,8H2,1-3H3,(H,26,29). The van der Waals surface area contributed by atoms with Crippen molar-refractivity contribution in [1.29, 1.82) is 0 Å². The van der Waals surface area contributed by atoms with E-state index in [1.807, 2.05) is 27.0 Å². The maximum Gasteiger partial charge on any atom is 0.573 e. The number of ether oxygens (including phenoxy) is 1. The fourth-order valence-electron chi connectivity index (χ4n) is 3.54. The van der Waals surface area contributed by atoms with Gasteiger partial charge in [0.2, 0.25) is 0 Å². The Morgan fingerprint density at radius 1 is 1.29 bits per heavy atom. The second-order valence-electron chi connectivity index (χ2n) is 7.87. The third kappa shape index (κ3) is 4.50. The van der Waals surface area contributed by atoms with E-state index in [0.717, 1.165) is 28.4 Å². The van der Waals surface area contributed by atoms with Gasteiger partial charge in [-0.2, -0.15) is 5.10 Å². The van der Waals surface area contributed by atoms with Gasteiger partial charge in [-0.05, 0) is 51.5 Å². The minimum atomic E-state index is -4.77. The van der Waals surface area contributed by atoms with Crippen molar-refractivity contribution in [3.8, 4) is 5.75 Å². The molecular formula is C20H20F3N5O2S. The lowest BCUT2D eigenvalue weighted by molar-refractivity contribution is -0.274. The fourth-order valence-corrected chi connectivity index (χ4v) is 4.36. The first-order valence-electron chi connectivity index (χ1n) is 9.46. The predicted molar refractivity (Wildman–Crippen MR) is 110 cm³/mol. The number of carbonyl (C=O) groups excluding carboxylic acids is 1. The van der Waals surface area contributed by atoms with Crippen LogP contribution in [0.25, 0.3) is 0 Å². The Kier molecular flexibility index (Phi) is 5.16. The van der Waals surface area contributed by atoms with Crippen LogP contribution in [-0.2, 0) is 5.54 Å². The zero-order valence-corrected chi connectivity index (χ0v) is 17.8. The second kappa shape index (κ2) is 7.56. The number of hydrogen-bond acceptors (Lipinski definition) is 6. The lowest BCUT2D eigenvalue weighted by Gasteiger charge is -2.37. The quantitative estimate of drug-likeness (QED) is 0.578. The van der Waals surface area contributed by atoms with E-state index in [4.69, 9.17) is 0 Å². The first kappa shape index (κ1) is 21.2. The van der Waals surface area contributed by atoms with Crippen LogP contribution in [0.15, 0.2) is 36.7 Å². The van der Waals surface area contributed by atoms with Crippen molar-refractivity contribution in [1.82, 2.24) is 14.8 Å². The third-order valence-corrected chi connectivity index (χ3v) is 5.91. The molecule has 4 rings (SSSR count). The molecule has 0 fully saturated rings. The lowest BCUT2D eigenvalue weighted by atomic mass is 9.93. The van der Waals surface area contributed by atoms with Crippen molar-refractivity contribution in [2.24, 2.45) is 0 Å². The molecule has 1 aromatic carbocycles. The maximum atomic E-state index is 12.9. The molecule has 0 saturated heterocycles. The van der Waals surface area contributed by atoms with Crippen LogP contribution >= 0.6 is 11.3 Å². The van der Waals surface area contributed by atoms with Crippen molar-refractivity contribution in [3.63, 3.8) is 0 Å². The van der Waals surface area contributed by atoms with Gasteiger partial charge in [0.05, 0.1) is 17.8 Å². The van der Waals surface area contributed by atoms with E-state index in [0.29, 0.717) is 17.1 Å². The highest BCUT2D eigenvalue weighted by molar-refractivity contribution is 7.11. The Morgan fingerprint density at radius 3 is 2.61 bits per heavy atom. The van der Waals surface area contributed by atoms with Crippen LogP contribution in [-0.4, -0.2) is 27.0 Å². The molecule has 31 heavy (non-hydrogen) atoms. The van der Waals surface area contributed by atoms with Crippen LogP contribution < -0.4 is 15.4 Å². The third-order valence-electron chi connectivity index (χ3n) is 4.88. The number of halogens is 3. The number of aromatic nitrogens is 3. The molecule has 11 heteroatoms. The number of hydrogen-bond donors (Lipinski definition) is 2. The van der Waals surface area contributed by atoms with Gasteiger partial charge < -0.3 is 15.4 Å². The highest BCUT2D eigenvalue weighted by atomic mass is 32.1. The van der Waals surface area contributed by atoms with Crippen LogP contribution in [0, 0.1) is 6.92 Å². The van der Waals surface area contributed by atoms with Crippen molar-refractivity contribution < 1.29 is 22.7 Å². The summed E-state index contributed by atoms with van der Waals surface area (Å²) in [5.74, 6) is -0.216. The number of amides is 1. The van der Waals surface area contributed by atoms with E-state index in [2.05, 4.69) is 25.5 Å². The topological polar surface area (TPSA) is 81.1 Å². The zero-order valence-electron chi connectivity index (χ0n) is 16.9. The summed E-state index contributed by atoms with van der Waals surface area (Å²) in [7, 11) is 0. The summed E-state index contributed by atoms with van der Waals surface area (Å²) in [6.45, 7) is 6.07. The molecule has 0 radical (unpaired) electrons. The molecule has 1 aliphatic rings. The molecule has 0 saturated carbocycles. The number of nitrogens with one attached hydrogen (secondary N) is 2. The van der Waals surface area contributed by atoms with E-state index >= 15 is 0 Å². The van der Waals surface area contributed by atoms with Crippen LogP contribution in [0.3, 0.4) is 0 Å². The number of nitrogens with zero attached hydrogens (tertiary/aromatic N) is 3. The molecule has 0 spiro atoms. The van der Waals surface area contributed by atoms with Crippen molar-refractivity contribution in [3.05, 3.63) is 52.1 Å². The molecule has 3 heterocycles. The fraction of sp³-hybridized carbons (Fsp3) is 0.350. The molecule has 1 amide bonds. The monoisotopic (exact) mass is 451 g/mol. The smallest absolute Gasteiger partial charge is 0.406 e. The highest BCUT2D eigenvalue weighted by Crippen LogP contribution is 2.41. The molecule has 0 bridgehead atoms. The molecular weight excluding hydrogens is 431 g/mol. The number of carbonyl (C=O) groups is 1. The molecule has 3 aromatic rings. The molecule has 1 unspecified atom stereocenters. The molecule has 0 aliphatic carbocycles. The van der Waals surface area contributed by atoms with Crippen molar-refractivity contribution in [2.75, 3.05) is 10.6 Å². The average Bonchev–Trinajstić information content (AvgIpc) is 3.28. The average molecular weight is 451 g/mol. The van der Waals surface area contributed by atoms with E-state index in [9.17, 15) is 18.0 Å². The first-order chi connectivity index (χ1) is 14.5. The maximum absolute atomic E-state index is 12.9. The number of thiazole rings is 1. The summed E-state index contributed by atoms with van der Waals surface area (Å²) >= 11 is 1.60. The molecule has 1 aliphatic heterocycles. The minimum absolute atomic E-state index is 0.0664. The number of anilines is 2. The van der Waals surface area contributed by atoms with E-state index in [1.165, 1.54) is 18.3 Å². The highest BCUT2D eigenvalue weighted by Gasteiger charge is 2.37. The van der Waals surface area contributed by atoms with E-state index < -0.39 is 12.3 Å². The minimum Gasteiger partial charge on any atom is -0.406 e. The van der Waals surface area contributed by atoms with Crippen LogP contribution in [0.4, 0.5) is 24.7 Å². The first-order valence-corrected chi connectivity index (χ1v) is 10.3. The number of alkyl halides is 3. The number of rotatable bonds is 4. The summed E-state index contributed by atoms with van der Waals surface area (Å²) in [5.41, 5.74) is 0.322. The predicted octanol–water partition coefficient (Wildman–Crippen LogP) is 5.09. The van der Waals surface area contributed by atoms with Gasteiger partial charge >= 0.3 is 6.36 Å². The number of fused-ring (bicyclic) bond motifs is 1. The SMILES string of the molecule is Cc1cnc(C2CC(C)(C)n3ncc(C(=O)Nc4ccc(OC(F)(F)F)cc4)c3N2)s1. The lowest BCUT2D eigenvalue weighted by Crippen LogP contribution is -2.38. The van der Waals surface area contributed by atoms with Gasteiger partial charge in [0.1, 0.15) is 22.1 Å². The summed E-state index contributed by atoms with van der Waals surface area (Å²) in [5, 5.41) is 11.4. The van der Waals surface area contributed by atoms with Gasteiger partial charge in [-0.15, -0.1) is 24.5 Å². The summed E-state index contributed by atoms with van der Waals surface area (Å²) in [6.07, 6.45) is -0.722. The molecule has 7 nitrogen and oxygen atoms in total. The van der Waals surface area contributed by atoms with Gasteiger partial charge in [-0.1, -0.05) is 0 Å². The Morgan fingerprint density at radius 2 is 2.00 bits per heavy atom. The van der Waals surface area contributed by atoms with Gasteiger partial charge in [-0.3, -0.25) is 4.79 Å². The van der Waals surface area contributed by atoms with E-state index in [-0.39, 0.29) is 17.3 Å². The number of aryl methyl sites for hydroxylation is 1. The van der Waals surface area contributed by atoms with Crippen molar-refractivity contribution >= 4 is 28.7 Å². The largest absolute Gasteiger partial charge is 0.573 e. The zero-order chi connectivity index (χ0) is 22.4. The van der Waals surface area contributed by atoms with Crippen LogP contribution in [0.2, 0.25) is 0 Å². The Labute approximate surface area is 180 Å². The van der Waals surface area contributed by atoms with Crippen molar-refractivity contribution in [2.45, 2.75) is 45.1 Å². The summed E-state index contributed by atoms with van der Waals surface area (Å²) < 4.78 is 42.5. The molecule has 2 N–H and O–H groups in total. The van der Waals surface area contributed by atoms with Crippen LogP contribution in [0.5, 0.6) is 5.75 Å². The summed E-state index contributed by atoms with van der Waals surface area (Å²) in [6, 6.07) is 4.89. The molecule has 164 valence electrons. The summed E-state index contributed by atoms with van der Waals surface area (Å²) in [4.78, 5) is 18.5. The Balaban J connectivity index is 1.55.